The van der Waals surface area contributed by atoms with Crippen LogP contribution in [0.2, 0.25) is 5.02 Å². The molecule has 10 nitrogen and oxygen atoms in total. The fourth-order valence-electron chi connectivity index (χ4n) is 2.39. The molecule has 0 aliphatic heterocycles. The van der Waals surface area contributed by atoms with Gasteiger partial charge in [0.05, 0.1) is 16.9 Å². The van der Waals surface area contributed by atoms with Crippen molar-refractivity contribution in [2.45, 2.75) is 5.16 Å². The third-order valence-corrected chi connectivity index (χ3v) is 5.16. The Kier molecular flexibility index (Phi) is 6.65. The van der Waals surface area contributed by atoms with E-state index in [4.69, 9.17) is 11.6 Å². The van der Waals surface area contributed by atoms with Crippen molar-refractivity contribution in [3.8, 4) is 17.1 Å². The van der Waals surface area contributed by atoms with Crippen molar-refractivity contribution in [1.82, 2.24) is 20.2 Å². The molecular formula is C18H15ClN6O4S. The molecule has 1 heterocycles. The monoisotopic (exact) mass is 446 g/mol. The maximum absolute atomic E-state index is 12.0. The number of hydrogen-bond donors (Lipinski definition) is 2. The maximum Gasteiger partial charge on any atom is 0.270 e. The van der Waals surface area contributed by atoms with Gasteiger partial charge < -0.3 is 9.67 Å². The Labute approximate surface area is 179 Å². The maximum atomic E-state index is 12.0. The average Bonchev–Trinajstić information content (AvgIpc) is 3.08. The largest absolute Gasteiger partial charge is 0.507 e. The normalized spacial score (nSPS) is 11.0. The third-order valence-electron chi connectivity index (χ3n) is 3.88. The van der Waals surface area contributed by atoms with E-state index in [1.165, 1.54) is 23.9 Å². The molecule has 30 heavy (non-hydrogen) atoms. The standard InChI is InChI=1S/C18H15ClN6O4S/c1-24-17(11-2-4-13(19)5-3-11)22-23-18(24)30-10-16(27)21-20-9-12-8-14(25(28)29)6-7-15(12)26/h2-9,26H,10H2,1H3,(H,21,27)/b20-9-. The number of phenols is 1. The van der Waals surface area contributed by atoms with Gasteiger partial charge in [0.1, 0.15) is 5.75 Å². The molecule has 0 saturated heterocycles. The second-order valence-electron chi connectivity index (χ2n) is 5.95. The van der Waals surface area contributed by atoms with Crippen molar-refractivity contribution in [3.05, 3.63) is 63.2 Å². The van der Waals surface area contributed by atoms with E-state index >= 15 is 0 Å². The second-order valence-corrected chi connectivity index (χ2v) is 7.33. The number of hydrogen-bond acceptors (Lipinski definition) is 8. The number of carbonyl (C=O) groups is 1. The first-order chi connectivity index (χ1) is 14.3. The van der Waals surface area contributed by atoms with Crippen LogP contribution in [0.25, 0.3) is 11.4 Å². The number of benzene rings is 2. The lowest BCUT2D eigenvalue weighted by Crippen LogP contribution is -2.19. The SMILES string of the molecule is Cn1c(SCC(=O)N/N=C\c2cc([N+](=O)[O-])ccc2O)nnc1-c1ccc(Cl)cc1. The van der Waals surface area contributed by atoms with Crippen LogP contribution in [0.5, 0.6) is 5.75 Å². The summed E-state index contributed by atoms with van der Waals surface area (Å²) in [7, 11) is 1.79. The van der Waals surface area contributed by atoms with E-state index in [0.717, 1.165) is 17.8 Å². The highest BCUT2D eigenvalue weighted by atomic mass is 35.5. The number of carbonyl (C=O) groups excluding carboxylic acids is 1. The molecule has 0 unspecified atom stereocenters. The van der Waals surface area contributed by atoms with Crippen LogP contribution in [-0.2, 0) is 11.8 Å². The highest BCUT2D eigenvalue weighted by molar-refractivity contribution is 7.99. The van der Waals surface area contributed by atoms with Gasteiger partial charge in [-0.3, -0.25) is 14.9 Å². The number of aromatic hydroxyl groups is 1. The molecule has 0 aliphatic rings. The van der Waals surface area contributed by atoms with Crippen LogP contribution < -0.4 is 5.43 Å². The van der Waals surface area contributed by atoms with Crippen LogP contribution in [0.3, 0.4) is 0 Å². The van der Waals surface area contributed by atoms with Gasteiger partial charge in [-0.25, -0.2) is 5.43 Å². The smallest absolute Gasteiger partial charge is 0.270 e. The molecule has 0 aliphatic carbocycles. The van der Waals surface area contributed by atoms with Gasteiger partial charge in [0.2, 0.25) is 0 Å². The van der Waals surface area contributed by atoms with Gasteiger partial charge in [0, 0.05) is 35.3 Å². The molecule has 0 spiro atoms. The number of amides is 1. The van der Waals surface area contributed by atoms with Crippen molar-refractivity contribution in [1.29, 1.82) is 0 Å². The molecule has 2 aromatic carbocycles. The molecule has 0 saturated carbocycles. The van der Waals surface area contributed by atoms with E-state index in [2.05, 4.69) is 20.7 Å². The van der Waals surface area contributed by atoms with Crippen LogP contribution >= 0.6 is 23.4 Å². The van der Waals surface area contributed by atoms with Crippen molar-refractivity contribution < 1.29 is 14.8 Å². The van der Waals surface area contributed by atoms with E-state index in [-0.39, 0.29) is 22.8 Å². The van der Waals surface area contributed by atoms with Crippen LogP contribution in [-0.4, -0.2) is 42.7 Å². The Balaban J connectivity index is 1.58. The number of nitrogens with zero attached hydrogens (tertiary/aromatic N) is 5. The number of nitro benzene ring substituents is 1. The highest BCUT2D eigenvalue weighted by Crippen LogP contribution is 2.24. The molecule has 1 aromatic heterocycles. The summed E-state index contributed by atoms with van der Waals surface area (Å²) >= 11 is 7.06. The first-order valence-corrected chi connectivity index (χ1v) is 9.79. The lowest BCUT2D eigenvalue weighted by atomic mass is 10.2. The summed E-state index contributed by atoms with van der Waals surface area (Å²) in [5.41, 5.74) is 3.05. The molecule has 3 rings (SSSR count). The number of hydrazone groups is 1. The lowest BCUT2D eigenvalue weighted by Gasteiger charge is -2.04. The Bertz CT molecular complexity index is 1120. The first kappa shape index (κ1) is 21.3. The van der Waals surface area contributed by atoms with Crippen molar-refractivity contribution in [3.63, 3.8) is 0 Å². The van der Waals surface area contributed by atoms with E-state index < -0.39 is 10.8 Å². The summed E-state index contributed by atoms with van der Waals surface area (Å²) in [5.74, 6) is 0.0398. The van der Waals surface area contributed by atoms with Crippen molar-refractivity contribution >= 4 is 41.2 Å². The predicted octanol–water partition coefficient (Wildman–Crippen LogP) is 2.99. The minimum Gasteiger partial charge on any atom is -0.507 e. The number of rotatable bonds is 7. The van der Waals surface area contributed by atoms with Crippen molar-refractivity contribution in [2.75, 3.05) is 5.75 Å². The Morgan fingerprint density at radius 3 is 2.77 bits per heavy atom. The van der Waals surface area contributed by atoms with Gasteiger partial charge in [-0.1, -0.05) is 23.4 Å². The molecule has 0 fully saturated rings. The quantitative estimate of drug-likeness (QED) is 0.246. The predicted molar refractivity (Wildman–Crippen MR) is 113 cm³/mol. The van der Waals surface area contributed by atoms with Gasteiger partial charge in [0.25, 0.3) is 11.6 Å². The highest BCUT2D eigenvalue weighted by Gasteiger charge is 2.13. The molecule has 12 heteroatoms. The summed E-state index contributed by atoms with van der Waals surface area (Å²) in [5, 5.41) is 33.6. The second kappa shape index (κ2) is 9.37. The average molecular weight is 447 g/mol. The van der Waals surface area contributed by atoms with Crippen LogP contribution in [0.4, 0.5) is 5.69 Å². The number of non-ortho nitro benzene ring substituents is 1. The minimum absolute atomic E-state index is 0.0187. The topological polar surface area (TPSA) is 136 Å². The van der Waals surface area contributed by atoms with Crippen LogP contribution in [0.15, 0.2) is 52.7 Å². The number of aromatic nitrogens is 3. The molecule has 0 bridgehead atoms. The van der Waals surface area contributed by atoms with E-state index in [9.17, 15) is 20.0 Å². The zero-order valence-electron chi connectivity index (χ0n) is 15.5. The lowest BCUT2D eigenvalue weighted by molar-refractivity contribution is -0.384. The summed E-state index contributed by atoms with van der Waals surface area (Å²) in [6, 6.07) is 10.7. The zero-order chi connectivity index (χ0) is 21.7. The molecule has 154 valence electrons. The first-order valence-electron chi connectivity index (χ1n) is 8.42. The molecule has 3 aromatic rings. The number of phenolic OH excluding ortho intramolecular Hbond substituents is 1. The minimum atomic E-state index is -0.592. The molecular weight excluding hydrogens is 432 g/mol. The van der Waals surface area contributed by atoms with E-state index in [0.29, 0.717) is 16.0 Å². The van der Waals surface area contributed by atoms with E-state index in [1.807, 2.05) is 12.1 Å². The fourth-order valence-corrected chi connectivity index (χ4v) is 3.22. The van der Waals surface area contributed by atoms with Gasteiger partial charge in [-0.05, 0) is 30.3 Å². The summed E-state index contributed by atoms with van der Waals surface area (Å²) < 4.78 is 1.76. The van der Waals surface area contributed by atoms with Gasteiger partial charge in [-0.2, -0.15) is 5.10 Å². The van der Waals surface area contributed by atoms with Gasteiger partial charge >= 0.3 is 0 Å². The Morgan fingerprint density at radius 1 is 1.33 bits per heavy atom. The number of nitrogens with one attached hydrogen (secondary N) is 1. The Hall–Kier alpha value is -3.44. The summed E-state index contributed by atoms with van der Waals surface area (Å²) in [6.45, 7) is 0. The van der Waals surface area contributed by atoms with E-state index in [1.54, 1.807) is 23.7 Å². The zero-order valence-corrected chi connectivity index (χ0v) is 17.1. The third kappa shape index (κ3) is 5.13. The molecule has 0 atom stereocenters. The molecule has 0 radical (unpaired) electrons. The number of halogens is 1. The summed E-state index contributed by atoms with van der Waals surface area (Å²) in [4.78, 5) is 22.2. The van der Waals surface area contributed by atoms with Gasteiger partial charge in [0.15, 0.2) is 11.0 Å². The number of thioether (sulfide) groups is 1. The van der Waals surface area contributed by atoms with Crippen LogP contribution in [0.1, 0.15) is 5.56 Å². The Morgan fingerprint density at radius 2 is 2.07 bits per heavy atom. The van der Waals surface area contributed by atoms with Crippen molar-refractivity contribution in [2.24, 2.45) is 12.1 Å². The van der Waals surface area contributed by atoms with Crippen LogP contribution in [0, 0.1) is 10.1 Å². The molecule has 2 N–H and O–H groups in total. The fraction of sp³-hybridized carbons (Fsp3) is 0.111. The van der Waals surface area contributed by atoms with Gasteiger partial charge in [-0.15, -0.1) is 10.2 Å². The number of nitro groups is 1. The molecule has 1 amide bonds. The summed E-state index contributed by atoms with van der Waals surface area (Å²) in [6.07, 6.45) is 1.13.